The van der Waals surface area contributed by atoms with E-state index in [0.29, 0.717) is 5.69 Å². The van der Waals surface area contributed by atoms with E-state index in [9.17, 15) is 18.0 Å². The van der Waals surface area contributed by atoms with Gasteiger partial charge < -0.3 is 10.2 Å². The number of halogens is 1. The van der Waals surface area contributed by atoms with Gasteiger partial charge in [0.15, 0.2) is 0 Å². The molecule has 3 aromatic carbocycles. The maximum Gasteiger partial charge on any atom is 0.264 e. The first kappa shape index (κ1) is 29.4. The maximum atomic E-state index is 13.9. The van der Waals surface area contributed by atoms with Crippen molar-refractivity contribution in [2.45, 2.75) is 57.6 Å². The number of nitrogens with one attached hydrogen (secondary N) is 1. The van der Waals surface area contributed by atoms with Crippen LogP contribution >= 0.6 is 15.9 Å². The molecule has 0 saturated heterocycles. The Bertz CT molecular complexity index is 1370. The van der Waals surface area contributed by atoms with E-state index in [4.69, 9.17) is 0 Å². The summed E-state index contributed by atoms with van der Waals surface area (Å²) in [5.74, 6) is -0.824. The highest BCUT2D eigenvalue weighted by atomic mass is 79.9. The van der Waals surface area contributed by atoms with Crippen molar-refractivity contribution in [3.63, 3.8) is 0 Å². The van der Waals surface area contributed by atoms with Gasteiger partial charge in [-0.25, -0.2) is 8.42 Å². The Kier molecular flexibility index (Phi) is 9.38. The minimum atomic E-state index is -4.08. The number of amides is 2. The first-order valence-electron chi connectivity index (χ1n) is 12.3. The molecule has 0 radical (unpaired) electrons. The highest BCUT2D eigenvalue weighted by Crippen LogP contribution is 2.25. The molecule has 0 heterocycles. The van der Waals surface area contributed by atoms with Gasteiger partial charge in [0.1, 0.15) is 12.6 Å². The highest BCUT2D eigenvalue weighted by molar-refractivity contribution is 9.10. The largest absolute Gasteiger partial charge is 0.350 e. The molecular weight excluding hydrogens is 566 g/mol. The molecule has 3 rings (SSSR count). The fourth-order valence-corrected chi connectivity index (χ4v) is 5.71. The molecule has 202 valence electrons. The lowest BCUT2D eigenvalue weighted by Gasteiger charge is -2.33. The number of hydrogen-bond donors (Lipinski definition) is 1. The second-order valence-electron chi connectivity index (χ2n) is 10.2. The van der Waals surface area contributed by atoms with Crippen LogP contribution in [0, 0.1) is 6.92 Å². The Morgan fingerprint density at radius 3 is 2.16 bits per heavy atom. The molecule has 2 amide bonds. The van der Waals surface area contributed by atoms with Gasteiger partial charge in [0.05, 0.1) is 10.6 Å². The molecular formula is C29H34BrN3O4S. The normalized spacial score (nSPS) is 12.5. The second-order valence-corrected chi connectivity index (χ2v) is 13.0. The molecule has 0 aliphatic carbocycles. The van der Waals surface area contributed by atoms with Gasteiger partial charge in [0.25, 0.3) is 10.0 Å². The van der Waals surface area contributed by atoms with E-state index in [1.165, 1.54) is 17.0 Å². The smallest absolute Gasteiger partial charge is 0.264 e. The lowest BCUT2D eigenvalue weighted by atomic mass is 10.1. The molecule has 3 aromatic rings. The standard InChI is InChI=1S/C29H34BrN3O4S/c1-21-14-16-26(17-15-21)38(36,37)33(25-12-7-6-8-13-25)20-27(34)32(19-23-10-9-11-24(30)18-23)22(2)28(35)31-29(3,4)5/h6-18,22H,19-20H2,1-5H3,(H,31,35). The zero-order valence-electron chi connectivity index (χ0n) is 22.3. The van der Waals surface area contributed by atoms with Crippen molar-refractivity contribution in [3.8, 4) is 0 Å². The van der Waals surface area contributed by atoms with Crippen LogP contribution in [0.15, 0.2) is 88.2 Å². The summed E-state index contributed by atoms with van der Waals surface area (Å²) < 4.78 is 29.5. The van der Waals surface area contributed by atoms with E-state index in [1.54, 1.807) is 49.4 Å². The predicted octanol–water partition coefficient (Wildman–Crippen LogP) is 5.28. The van der Waals surface area contributed by atoms with Gasteiger partial charge in [0, 0.05) is 16.6 Å². The monoisotopic (exact) mass is 599 g/mol. The summed E-state index contributed by atoms with van der Waals surface area (Å²) in [6, 6.07) is 21.6. The molecule has 1 N–H and O–H groups in total. The number of sulfonamides is 1. The SMILES string of the molecule is Cc1ccc(S(=O)(=O)N(CC(=O)N(Cc2cccc(Br)c2)C(C)C(=O)NC(C)(C)C)c2ccccc2)cc1. The number of rotatable bonds is 9. The Morgan fingerprint density at radius 1 is 0.947 bits per heavy atom. The second kappa shape index (κ2) is 12.1. The number of para-hydroxylation sites is 1. The molecule has 9 heteroatoms. The Hall–Kier alpha value is -3.17. The fourth-order valence-electron chi connectivity index (χ4n) is 3.85. The van der Waals surface area contributed by atoms with Crippen LogP contribution in [0.25, 0.3) is 0 Å². The van der Waals surface area contributed by atoms with E-state index >= 15 is 0 Å². The van der Waals surface area contributed by atoms with Crippen LogP contribution in [0.2, 0.25) is 0 Å². The van der Waals surface area contributed by atoms with Gasteiger partial charge in [-0.2, -0.15) is 0 Å². The Morgan fingerprint density at radius 2 is 1.58 bits per heavy atom. The summed E-state index contributed by atoms with van der Waals surface area (Å²) >= 11 is 3.45. The number of anilines is 1. The van der Waals surface area contributed by atoms with Crippen LogP contribution in [0.3, 0.4) is 0 Å². The maximum absolute atomic E-state index is 13.9. The van der Waals surface area contributed by atoms with Crippen LogP contribution in [0.4, 0.5) is 5.69 Å². The molecule has 0 aliphatic rings. The topological polar surface area (TPSA) is 86.8 Å². The van der Waals surface area contributed by atoms with Crippen molar-refractivity contribution in [2.75, 3.05) is 10.8 Å². The van der Waals surface area contributed by atoms with Crippen LogP contribution in [-0.2, 0) is 26.2 Å². The first-order valence-corrected chi connectivity index (χ1v) is 14.5. The lowest BCUT2D eigenvalue weighted by molar-refractivity contribution is -0.140. The summed E-state index contributed by atoms with van der Waals surface area (Å²) in [5, 5.41) is 2.92. The lowest BCUT2D eigenvalue weighted by Crippen LogP contribution is -2.54. The molecule has 38 heavy (non-hydrogen) atoms. The third-order valence-electron chi connectivity index (χ3n) is 5.84. The first-order chi connectivity index (χ1) is 17.8. The molecule has 0 fully saturated rings. The summed E-state index contributed by atoms with van der Waals surface area (Å²) in [5.41, 5.74) is 1.58. The molecule has 0 aliphatic heterocycles. The van der Waals surface area contributed by atoms with E-state index in [1.807, 2.05) is 52.0 Å². The van der Waals surface area contributed by atoms with Crippen LogP contribution in [0.1, 0.15) is 38.8 Å². The van der Waals surface area contributed by atoms with Crippen molar-refractivity contribution >= 4 is 43.5 Å². The van der Waals surface area contributed by atoms with Crippen molar-refractivity contribution in [1.82, 2.24) is 10.2 Å². The summed E-state index contributed by atoms with van der Waals surface area (Å²) in [4.78, 5) is 28.5. The van der Waals surface area contributed by atoms with Gasteiger partial charge >= 0.3 is 0 Å². The zero-order valence-corrected chi connectivity index (χ0v) is 24.7. The Balaban J connectivity index is 2.01. The Labute approximate surface area is 234 Å². The molecule has 0 spiro atoms. The summed E-state index contributed by atoms with van der Waals surface area (Å²) in [6.07, 6.45) is 0. The molecule has 1 atom stereocenters. The number of aryl methyl sites for hydroxylation is 1. The molecule has 0 aromatic heterocycles. The number of carbonyl (C=O) groups excluding carboxylic acids is 2. The fraction of sp³-hybridized carbons (Fsp3) is 0.310. The van der Waals surface area contributed by atoms with E-state index in [2.05, 4.69) is 21.2 Å². The molecule has 7 nitrogen and oxygen atoms in total. The minimum absolute atomic E-state index is 0.0804. The minimum Gasteiger partial charge on any atom is -0.350 e. The van der Waals surface area contributed by atoms with Crippen LogP contribution in [0.5, 0.6) is 0 Å². The van der Waals surface area contributed by atoms with Gasteiger partial charge in [-0.15, -0.1) is 0 Å². The average Bonchev–Trinajstić information content (AvgIpc) is 2.85. The van der Waals surface area contributed by atoms with Gasteiger partial charge in [0.2, 0.25) is 11.8 Å². The van der Waals surface area contributed by atoms with Crippen molar-refractivity contribution in [3.05, 3.63) is 94.5 Å². The number of benzene rings is 3. The quantitative estimate of drug-likeness (QED) is 0.362. The number of nitrogens with zero attached hydrogens (tertiary/aromatic N) is 2. The third-order valence-corrected chi connectivity index (χ3v) is 8.12. The van der Waals surface area contributed by atoms with Crippen molar-refractivity contribution in [1.29, 1.82) is 0 Å². The van der Waals surface area contributed by atoms with Gasteiger partial charge in [-0.05, 0) is 76.6 Å². The molecule has 1 unspecified atom stereocenters. The highest BCUT2D eigenvalue weighted by Gasteiger charge is 2.33. The van der Waals surface area contributed by atoms with Gasteiger partial charge in [-0.1, -0.05) is 64.0 Å². The number of hydrogen-bond acceptors (Lipinski definition) is 4. The van der Waals surface area contributed by atoms with Gasteiger partial charge in [-0.3, -0.25) is 13.9 Å². The molecule has 0 saturated carbocycles. The number of carbonyl (C=O) groups is 2. The van der Waals surface area contributed by atoms with Crippen molar-refractivity contribution in [2.24, 2.45) is 0 Å². The third kappa shape index (κ3) is 7.68. The molecule has 0 bridgehead atoms. The predicted molar refractivity (Wildman–Crippen MR) is 154 cm³/mol. The summed E-state index contributed by atoms with van der Waals surface area (Å²) in [6.45, 7) is 8.78. The van der Waals surface area contributed by atoms with Crippen LogP contribution < -0.4 is 9.62 Å². The average molecular weight is 601 g/mol. The zero-order chi connectivity index (χ0) is 28.1. The van der Waals surface area contributed by atoms with E-state index < -0.39 is 34.1 Å². The van der Waals surface area contributed by atoms with E-state index in [0.717, 1.165) is 19.9 Å². The van der Waals surface area contributed by atoms with E-state index in [-0.39, 0.29) is 17.3 Å². The summed E-state index contributed by atoms with van der Waals surface area (Å²) in [7, 11) is -4.08. The van der Waals surface area contributed by atoms with Crippen LogP contribution in [-0.4, -0.2) is 43.3 Å². The van der Waals surface area contributed by atoms with Crippen molar-refractivity contribution < 1.29 is 18.0 Å².